The second-order valence-corrected chi connectivity index (χ2v) is 5.80. The van der Waals surface area contributed by atoms with E-state index in [0.717, 1.165) is 28.4 Å². The first-order valence-corrected chi connectivity index (χ1v) is 7.09. The van der Waals surface area contributed by atoms with Gasteiger partial charge in [0.1, 0.15) is 5.03 Å². The number of hydrogen-bond acceptors (Lipinski definition) is 3. The van der Waals surface area contributed by atoms with Gasteiger partial charge in [0.15, 0.2) is 0 Å². The van der Waals surface area contributed by atoms with Gasteiger partial charge in [-0.15, -0.1) is 11.8 Å². The van der Waals surface area contributed by atoms with E-state index >= 15 is 0 Å². The van der Waals surface area contributed by atoms with Crippen LogP contribution in [0.1, 0.15) is 19.8 Å². The maximum absolute atomic E-state index is 6.05. The third kappa shape index (κ3) is 3.96. The lowest BCUT2D eigenvalue weighted by Gasteiger charge is -2.11. The van der Waals surface area contributed by atoms with E-state index in [1.165, 1.54) is 12.8 Å². The van der Waals surface area contributed by atoms with Crippen LogP contribution in [-0.4, -0.2) is 23.3 Å². The molecule has 1 aromatic rings. The van der Waals surface area contributed by atoms with Crippen LogP contribution in [0.15, 0.2) is 23.4 Å². The van der Waals surface area contributed by atoms with Crippen molar-refractivity contribution in [2.45, 2.75) is 30.8 Å². The van der Waals surface area contributed by atoms with Crippen molar-refractivity contribution in [1.82, 2.24) is 10.3 Å². The van der Waals surface area contributed by atoms with Gasteiger partial charge < -0.3 is 5.32 Å². The molecule has 1 aliphatic carbocycles. The number of halogens is 1. The lowest BCUT2D eigenvalue weighted by molar-refractivity contribution is 0.556. The molecule has 1 aromatic heterocycles. The quantitative estimate of drug-likeness (QED) is 0.792. The fraction of sp³-hybridized carbons (Fsp3) is 0.583. The third-order valence-corrected chi connectivity index (χ3v) is 4.31. The fourth-order valence-electron chi connectivity index (χ4n) is 1.41. The highest BCUT2D eigenvalue weighted by molar-refractivity contribution is 7.99. The maximum atomic E-state index is 6.05. The van der Waals surface area contributed by atoms with Gasteiger partial charge in [0.05, 0.1) is 5.02 Å². The average Bonchev–Trinajstić information content (AvgIpc) is 3.09. The lowest BCUT2D eigenvalue weighted by Crippen LogP contribution is -2.24. The van der Waals surface area contributed by atoms with Crippen LogP contribution in [0.5, 0.6) is 0 Å². The van der Waals surface area contributed by atoms with Crippen molar-refractivity contribution in [3.63, 3.8) is 0 Å². The van der Waals surface area contributed by atoms with Crippen LogP contribution in [0.2, 0.25) is 5.02 Å². The summed E-state index contributed by atoms with van der Waals surface area (Å²) in [4.78, 5) is 4.27. The molecule has 1 aliphatic rings. The number of aromatic nitrogens is 1. The summed E-state index contributed by atoms with van der Waals surface area (Å²) >= 11 is 7.79. The van der Waals surface area contributed by atoms with Gasteiger partial charge >= 0.3 is 0 Å². The Morgan fingerprint density at radius 1 is 1.62 bits per heavy atom. The monoisotopic (exact) mass is 256 g/mol. The molecule has 0 amide bonds. The summed E-state index contributed by atoms with van der Waals surface area (Å²) < 4.78 is 0. The van der Waals surface area contributed by atoms with Crippen LogP contribution in [0.25, 0.3) is 0 Å². The van der Waals surface area contributed by atoms with Crippen LogP contribution < -0.4 is 5.32 Å². The van der Waals surface area contributed by atoms with Crippen molar-refractivity contribution in [3.05, 3.63) is 23.4 Å². The summed E-state index contributed by atoms with van der Waals surface area (Å²) in [7, 11) is 0. The molecule has 2 nitrogen and oxygen atoms in total. The maximum Gasteiger partial charge on any atom is 0.115 e. The number of rotatable bonds is 6. The number of nitrogens with one attached hydrogen (secondary N) is 1. The Morgan fingerprint density at radius 2 is 2.44 bits per heavy atom. The van der Waals surface area contributed by atoms with E-state index < -0.39 is 0 Å². The lowest BCUT2D eigenvalue weighted by atomic mass is 10.2. The zero-order valence-electron chi connectivity index (χ0n) is 9.45. The van der Waals surface area contributed by atoms with E-state index in [0.29, 0.717) is 5.92 Å². The number of pyridine rings is 1. The van der Waals surface area contributed by atoms with E-state index in [4.69, 9.17) is 11.6 Å². The molecule has 88 valence electrons. The first-order valence-electron chi connectivity index (χ1n) is 5.72. The second-order valence-electron chi connectivity index (χ2n) is 4.39. The molecule has 4 heteroatoms. The Morgan fingerprint density at radius 3 is 3.12 bits per heavy atom. The summed E-state index contributed by atoms with van der Waals surface area (Å²) in [5.41, 5.74) is 0. The average molecular weight is 257 g/mol. The van der Waals surface area contributed by atoms with Crippen molar-refractivity contribution in [2.24, 2.45) is 5.92 Å². The Bertz CT molecular complexity index is 342. The van der Waals surface area contributed by atoms with E-state index in [-0.39, 0.29) is 0 Å². The summed E-state index contributed by atoms with van der Waals surface area (Å²) in [5, 5.41) is 5.25. The Labute approximate surface area is 106 Å². The minimum atomic E-state index is 0.656. The van der Waals surface area contributed by atoms with E-state index in [1.807, 2.05) is 12.1 Å². The van der Waals surface area contributed by atoms with E-state index in [1.54, 1.807) is 18.0 Å². The predicted molar refractivity (Wildman–Crippen MR) is 70.2 cm³/mol. The van der Waals surface area contributed by atoms with Gasteiger partial charge in [-0.3, -0.25) is 0 Å². The molecule has 1 fully saturated rings. The molecule has 0 aliphatic heterocycles. The van der Waals surface area contributed by atoms with Crippen LogP contribution in [0, 0.1) is 5.92 Å². The van der Waals surface area contributed by atoms with E-state index in [2.05, 4.69) is 17.2 Å². The number of hydrogen-bond donors (Lipinski definition) is 1. The highest BCUT2D eigenvalue weighted by Gasteiger charge is 2.20. The second kappa shape index (κ2) is 5.89. The first kappa shape index (κ1) is 12.2. The predicted octanol–water partition coefficient (Wildman–Crippen LogP) is 3.22. The fourth-order valence-corrected chi connectivity index (χ4v) is 2.60. The zero-order valence-corrected chi connectivity index (χ0v) is 11.0. The van der Waals surface area contributed by atoms with Crippen molar-refractivity contribution >= 4 is 23.4 Å². The van der Waals surface area contributed by atoms with Gasteiger partial charge in [-0.2, -0.15) is 0 Å². The van der Waals surface area contributed by atoms with Crippen molar-refractivity contribution in [1.29, 1.82) is 0 Å². The largest absolute Gasteiger partial charge is 0.314 e. The van der Waals surface area contributed by atoms with Crippen molar-refractivity contribution in [2.75, 3.05) is 12.3 Å². The van der Waals surface area contributed by atoms with Gasteiger partial charge in [-0.05, 0) is 37.4 Å². The first-order chi connectivity index (χ1) is 7.75. The molecular weight excluding hydrogens is 240 g/mol. The molecule has 0 spiro atoms. The van der Waals surface area contributed by atoms with E-state index in [9.17, 15) is 0 Å². The Kier molecular flexibility index (Phi) is 4.50. The molecule has 16 heavy (non-hydrogen) atoms. The number of thioether (sulfide) groups is 1. The molecule has 0 saturated heterocycles. The van der Waals surface area contributed by atoms with Crippen molar-refractivity contribution < 1.29 is 0 Å². The molecule has 0 radical (unpaired) electrons. The van der Waals surface area contributed by atoms with Gasteiger partial charge in [0.2, 0.25) is 0 Å². The highest BCUT2D eigenvalue weighted by Crippen LogP contribution is 2.26. The van der Waals surface area contributed by atoms with Gasteiger partial charge in [-0.1, -0.05) is 18.5 Å². The molecule has 1 N–H and O–H groups in total. The van der Waals surface area contributed by atoms with Crippen molar-refractivity contribution in [3.8, 4) is 0 Å². The minimum absolute atomic E-state index is 0.656. The summed E-state index contributed by atoms with van der Waals surface area (Å²) in [6, 6.07) is 4.56. The summed E-state index contributed by atoms with van der Waals surface area (Å²) in [5.74, 6) is 1.72. The Balaban J connectivity index is 1.71. The SMILES string of the molecule is CC(CNC1CC1)CSc1ncccc1Cl. The smallest absolute Gasteiger partial charge is 0.115 e. The molecule has 2 rings (SSSR count). The molecule has 0 bridgehead atoms. The summed E-state index contributed by atoms with van der Waals surface area (Å²) in [6.07, 6.45) is 4.50. The zero-order chi connectivity index (χ0) is 11.4. The topological polar surface area (TPSA) is 24.9 Å². The van der Waals surface area contributed by atoms with Gasteiger partial charge in [-0.25, -0.2) is 4.98 Å². The van der Waals surface area contributed by atoms with Crippen LogP contribution >= 0.6 is 23.4 Å². The molecule has 1 atom stereocenters. The molecular formula is C12H17ClN2S. The molecule has 1 unspecified atom stereocenters. The molecule has 1 heterocycles. The van der Waals surface area contributed by atoms with Gasteiger partial charge in [0, 0.05) is 18.0 Å². The Hall–Kier alpha value is -0.250. The van der Waals surface area contributed by atoms with Gasteiger partial charge in [0.25, 0.3) is 0 Å². The van der Waals surface area contributed by atoms with Crippen LogP contribution in [0.4, 0.5) is 0 Å². The highest BCUT2D eigenvalue weighted by atomic mass is 35.5. The summed E-state index contributed by atoms with van der Waals surface area (Å²) in [6.45, 7) is 3.36. The number of nitrogens with zero attached hydrogens (tertiary/aromatic N) is 1. The standard InChI is InChI=1S/C12H17ClN2S/c1-9(7-15-10-4-5-10)8-16-12-11(13)3-2-6-14-12/h2-3,6,9-10,15H,4-5,7-8H2,1H3. The minimum Gasteiger partial charge on any atom is -0.314 e. The molecule has 0 aromatic carbocycles. The third-order valence-electron chi connectivity index (χ3n) is 2.56. The normalized spacial score (nSPS) is 17.4. The van der Waals surface area contributed by atoms with Crippen LogP contribution in [0.3, 0.4) is 0 Å². The van der Waals surface area contributed by atoms with Crippen LogP contribution in [-0.2, 0) is 0 Å². The molecule has 1 saturated carbocycles.